The fourth-order valence-electron chi connectivity index (χ4n) is 3.01. The Morgan fingerprint density at radius 1 is 1.35 bits per heavy atom. The van der Waals surface area contributed by atoms with Crippen molar-refractivity contribution in [2.45, 2.75) is 70.7 Å². The van der Waals surface area contributed by atoms with E-state index in [4.69, 9.17) is 14.2 Å². The first-order valence-corrected chi connectivity index (χ1v) is 7.75. The molecule has 2 aliphatic rings. The van der Waals surface area contributed by atoms with Crippen molar-refractivity contribution in [1.29, 1.82) is 0 Å². The second-order valence-corrected chi connectivity index (χ2v) is 7.39. The topological polar surface area (TPSA) is 78.9 Å². The summed E-state index contributed by atoms with van der Waals surface area (Å²) in [7, 11) is 0. The molecule has 1 saturated heterocycles. The van der Waals surface area contributed by atoms with E-state index in [2.05, 4.69) is 6.58 Å². The maximum absolute atomic E-state index is 12.5. The predicted molar refractivity (Wildman–Crippen MR) is 81.3 cm³/mol. The van der Waals surface area contributed by atoms with E-state index in [9.17, 15) is 14.4 Å². The molecule has 0 aromatic carbocycles. The molecule has 6 nitrogen and oxygen atoms in total. The second kappa shape index (κ2) is 5.35. The number of carbonyl (C=O) groups excluding carboxylic acids is 3. The molecule has 0 aromatic rings. The van der Waals surface area contributed by atoms with Gasteiger partial charge in [0.1, 0.15) is 11.2 Å². The van der Waals surface area contributed by atoms with Crippen LogP contribution in [0.15, 0.2) is 12.2 Å². The molecule has 0 aromatic heterocycles. The highest BCUT2D eigenvalue weighted by Gasteiger charge is 2.61. The van der Waals surface area contributed by atoms with E-state index < -0.39 is 28.7 Å². The number of esters is 3. The minimum Gasteiger partial charge on any atom is -0.455 e. The Bertz CT molecular complexity index is 578. The van der Waals surface area contributed by atoms with Crippen LogP contribution < -0.4 is 0 Å². The Kier molecular flexibility index (Phi) is 4.07. The Labute approximate surface area is 136 Å². The van der Waals surface area contributed by atoms with E-state index in [1.807, 2.05) is 0 Å². The maximum Gasteiger partial charge on any atom is 0.350 e. The van der Waals surface area contributed by atoms with Crippen molar-refractivity contribution in [2.75, 3.05) is 0 Å². The van der Waals surface area contributed by atoms with Crippen LogP contribution in [0.5, 0.6) is 0 Å². The lowest BCUT2D eigenvalue weighted by Gasteiger charge is -2.45. The Balaban J connectivity index is 2.14. The van der Waals surface area contributed by atoms with Gasteiger partial charge in [-0.25, -0.2) is 9.59 Å². The molecule has 2 rings (SSSR count). The fourth-order valence-corrected chi connectivity index (χ4v) is 3.01. The van der Waals surface area contributed by atoms with Gasteiger partial charge in [0.05, 0.1) is 5.92 Å². The van der Waals surface area contributed by atoms with Crippen LogP contribution in [0, 0.1) is 5.92 Å². The standard InChI is InChI=1S/C17H24O6/c1-10(2)12(18)21-15(3,4)14(20)23-16(5)8-7-11-9-17(16,6)22-13(11)19/h11H,1,7-9H2,2-6H3. The van der Waals surface area contributed by atoms with Crippen LogP contribution in [0.1, 0.15) is 53.9 Å². The van der Waals surface area contributed by atoms with Crippen molar-refractivity contribution >= 4 is 17.9 Å². The molecule has 0 radical (unpaired) electrons. The van der Waals surface area contributed by atoms with Crippen molar-refractivity contribution in [2.24, 2.45) is 5.92 Å². The molecule has 0 spiro atoms. The van der Waals surface area contributed by atoms with Gasteiger partial charge in [0.15, 0.2) is 0 Å². The van der Waals surface area contributed by atoms with E-state index in [0.29, 0.717) is 19.3 Å². The summed E-state index contributed by atoms with van der Waals surface area (Å²) in [6.45, 7) is 11.5. The lowest BCUT2D eigenvalue weighted by molar-refractivity contribution is -0.213. The summed E-state index contributed by atoms with van der Waals surface area (Å²) in [5.41, 5.74) is -3.04. The zero-order chi connectivity index (χ0) is 17.6. The largest absolute Gasteiger partial charge is 0.455 e. The first-order chi connectivity index (χ1) is 10.4. The molecule has 3 unspecified atom stereocenters. The van der Waals surface area contributed by atoms with Crippen LogP contribution in [0.4, 0.5) is 0 Å². The average molecular weight is 324 g/mol. The minimum absolute atomic E-state index is 0.124. The van der Waals surface area contributed by atoms with E-state index in [0.717, 1.165) is 0 Å². The lowest BCUT2D eigenvalue weighted by atomic mass is 9.71. The van der Waals surface area contributed by atoms with Crippen LogP contribution in [-0.4, -0.2) is 34.7 Å². The Morgan fingerprint density at radius 3 is 2.52 bits per heavy atom. The number of hydrogen-bond acceptors (Lipinski definition) is 6. The van der Waals surface area contributed by atoms with Gasteiger partial charge in [0.2, 0.25) is 5.60 Å². The highest BCUT2D eigenvalue weighted by atomic mass is 16.6. The van der Waals surface area contributed by atoms with E-state index in [1.165, 1.54) is 20.8 Å². The third-order valence-electron chi connectivity index (χ3n) is 4.89. The van der Waals surface area contributed by atoms with Crippen LogP contribution >= 0.6 is 0 Å². The molecule has 6 heteroatoms. The van der Waals surface area contributed by atoms with Gasteiger partial charge in [-0.3, -0.25) is 4.79 Å². The SMILES string of the molecule is C=C(C)C(=O)OC(C)(C)C(=O)OC1(C)CCC2CC1(C)OC2=O. The van der Waals surface area contributed by atoms with Gasteiger partial charge in [-0.05, 0) is 47.5 Å². The molecule has 1 aliphatic heterocycles. The summed E-state index contributed by atoms with van der Waals surface area (Å²) >= 11 is 0. The van der Waals surface area contributed by atoms with Crippen LogP contribution in [-0.2, 0) is 28.6 Å². The summed E-state index contributed by atoms with van der Waals surface area (Å²) in [6, 6.07) is 0. The van der Waals surface area contributed by atoms with Gasteiger partial charge in [0.25, 0.3) is 0 Å². The van der Waals surface area contributed by atoms with Gasteiger partial charge in [-0.1, -0.05) is 6.58 Å². The van der Waals surface area contributed by atoms with E-state index >= 15 is 0 Å². The average Bonchev–Trinajstić information content (AvgIpc) is 2.67. The first-order valence-electron chi connectivity index (χ1n) is 7.75. The van der Waals surface area contributed by atoms with Crippen LogP contribution in [0.25, 0.3) is 0 Å². The summed E-state index contributed by atoms with van der Waals surface area (Å²) < 4.78 is 16.3. The lowest BCUT2D eigenvalue weighted by Crippen LogP contribution is -2.56. The Morgan fingerprint density at radius 2 is 1.96 bits per heavy atom. The number of fused-ring (bicyclic) bond motifs is 2. The van der Waals surface area contributed by atoms with Gasteiger partial charge in [-0.2, -0.15) is 0 Å². The fraction of sp³-hybridized carbons (Fsp3) is 0.706. The molecule has 1 saturated carbocycles. The van der Waals surface area contributed by atoms with E-state index in [1.54, 1.807) is 13.8 Å². The molecule has 23 heavy (non-hydrogen) atoms. The van der Waals surface area contributed by atoms with E-state index in [-0.39, 0.29) is 17.5 Å². The molecule has 2 fully saturated rings. The van der Waals surface area contributed by atoms with Crippen LogP contribution in [0.2, 0.25) is 0 Å². The van der Waals surface area contributed by atoms with Crippen molar-refractivity contribution in [3.63, 3.8) is 0 Å². The molecular weight excluding hydrogens is 300 g/mol. The third-order valence-corrected chi connectivity index (χ3v) is 4.89. The monoisotopic (exact) mass is 324 g/mol. The smallest absolute Gasteiger partial charge is 0.350 e. The molecule has 2 bridgehead atoms. The molecule has 3 atom stereocenters. The molecule has 1 heterocycles. The summed E-state index contributed by atoms with van der Waals surface area (Å²) in [5.74, 6) is -1.68. The van der Waals surface area contributed by atoms with Crippen molar-refractivity contribution in [1.82, 2.24) is 0 Å². The molecule has 128 valence electrons. The van der Waals surface area contributed by atoms with Crippen molar-refractivity contribution < 1.29 is 28.6 Å². The number of carbonyl (C=O) groups is 3. The summed E-state index contributed by atoms with van der Waals surface area (Å²) in [4.78, 5) is 36.0. The zero-order valence-electron chi connectivity index (χ0n) is 14.4. The quantitative estimate of drug-likeness (QED) is 0.448. The normalized spacial score (nSPS) is 32.9. The van der Waals surface area contributed by atoms with Gasteiger partial charge < -0.3 is 14.2 Å². The first kappa shape index (κ1) is 17.5. The van der Waals surface area contributed by atoms with Crippen molar-refractivity contribution in [3.8, 4) is 0 Å². The molecule has 0 amide bonds. The van der Waals surface area contributed by atoms with Gasteiger partial charge >= 0.3 is 17.9 Å². The van der Waals surface area contributed by atoms with Crippen LogP contribution in [0.3, 0.4) is 0 Å². The van der Waals surface area contributed by atoms with Gasteiger partial charge in [-0.15, -0.1) is 0 Å². The highest BCUT2D eigenvalue weighted by Crippen LogP contribution is 2.50. The number of rotatable bonds is 4. The van der Waals surface area contributed by atoms with Gasteiger partial charge in [0, 0.05) is 12.0 Å². The molecule has 0 N–H and O–H groups in total. The number of ether oxygens (including phenoxy) is 3. The molecule has 1 aliphatic carbocycles. The third kappa shape index (κ3) is 2.99. The Hall–Kier alpha value is -1.85. The van der Waals surface area contributed by atoms with Crippen molar-refractivity contribution in [3.05, 3.63) is 12.2 Å². The summed E-state index contributed by atoms with van der Waals surface area (Å²) in [6.07, 6.45) is 1.67. The molecular formula is C17H24O6. The second-order valence-electron chi connectivity index (χ2n) is 7.39. The number of hydrogen-bond donors (Lipinski definition) is 0. The minimum atomic E-state index is -1.45. The summed E-state index contributed by atoms with van der Waals surface area (Å²) in [5, 5.41) is 0. The highest BCUT2D eigenvalue weighted by molar-refractivity contribution is 5.90. The maximum atomic E-state index is 12.5. The zero-order valence-corrected chi connectivity index (χ0v) is 14.4. The predicted octanol–water partition coefficient (Wildman–Crippen LogP) is 2.30.